The van der Waals surface area contributed by atoms with Gasteiger partial charge in [0.1, 0.15) is 28.7 Å². The molecule has 0 saturated carbocycles. The van der Waals surface area contributed by atoms with Crippen LogP contribution in [-0.2, 0) is 11.3 Å². The van der Waals surface area contributed by atoms with Crippen molar-refractivity contribution in [2.24, 2.45) is 0 Å². The first kappa shape index (κ1) is 31.6. The normalized spacial score (nSPS) is 16.6. The number of halogens is 3. The van der Waals surface area contributed by atoms with Gasteiger partial charge in [-0.25, -0.2) is 18.4 Å². The Labute approximate surface area is 260 Å². The minimum atomic E-state index is -0.570. The zero-order valence-corrected chi connectivity index (χ0v) is 25.9. The largest absolute Gasteiger partial charge is 0.457 e. The van der Waals surface area contributed by atoms with Gasteiger partial charge in [0.05, 0.1) is 10.7 Å². The lowest BCUT2D eigenvalue weighted by Gasteiger charge is -2.33. The Balaban J connectivity index is 1.10. The molecule has 3 heterocycles. The van der Waals surface area contributed by atoms with Gasteiger partial charge in [0.2, 0.25) is 0 Å². The van der Waals surface area contributed by atoms with Crippen LogP contribution in [0.2, 0.25) is 5.02 Å². The first-order valence-corrected chi connectivity index (χ1v) is 15.3. The number of amides is 3. The fraction of sp³-hybridized carbons (Fsp3) is 0.469. The molecule has 9 nitrogen and oxygen atoms in total. The summed E-state index contributed by atoms with van der Waals surface area (Å²) in [4.78, 5) is 28.9. The third-order valence-electron chi connectivity index (χ3n) is 7.98. The van der Waals surface area contributed by atoms with Gasteiger partial charge in [-0.2, -0.15) is 5.10 Å². The van der Waals surface area contributed by atoms with Gasteiger partial charge in [0.25, 0.3) is 0 Å². The van der Waals surface area contributed by atoms with Crippen LogP contribution in [0.15, 0.2) is 42.5 Å². The standard InChI is InChI=1S/C32H38ClF2N5O4/c1-32(2,3)44-31(42)40-14-10-21(11-15-40)28-18-27(37-38-28)20-8-12-39(13-9-20)30(41)36-19-22-16-23(34)4-7-29(22)43-24-5-6-26(35)25(33)17-24/h4-7,16-18,20-21H,8-15,19H2,1-3H3,(H,36,41)(H,37,38). The van der Waals surface area contributed by atoms with Crippen LogP contribution in [0.25, 0.3) is 0 Å². The van der Waals surface area contributed by atoms with E-state index < -0.39 is 17.2 Å². The fourth-order valence-corrected chi connectivity index (χ4v) is 5.76. The number of likely N-dealkylation sites (tertiary alicyclic amines) is 2. The maximum atomic E-state index is 14.0. The molecule has 2 aliphatic rings. The summed E-state index contributed by atoms with van der Waals surface area (Å²) >= 11 is 5.85. The first-order valence-electron chi connectivity index (χ1n) is 14.9. The predicted molar refractivity (Wildman–Crippen MR) is 162 cm³/mol. The fourth-order valence-electron chi connectivity index (χ4n) is 5.58. The molecule has 2 aliphatic heterocycles. The Kier molecular flexibility index (Phi) is 9.62. The molecule has 0 aliphatic carbocycles. The maximum absolute atomic E-state index is 14.0. The molecule has 2 N–H and O–H groups in total. The van der Waals surface area contributed by atoms with Crippen LogP contribution in [-0.4, -0.2) is 63.9 Å². The molecule has 2 aromatic carbocycles. The maximum Gasteiger partial charge on any atom is 0.410 e. The van der Waals surface area contributed by atoms with E-state index in [1.807, 2.05) is 20.8 Å². The second kappa shape index (κ2) is 13.4. The molecule has 12 heteroatoms. The quantitative estimate of drug-likeness (QED) is 0.297. The molecule has 1 aromatic heterocycles. The molecule has 5 rings (SSSR count). The van der Waals surface area contributed by atoms with Crippen LogP contribution < -0.4 is 10.1 Å². The lowest BCUT2D eigenvalue weighted by Crippen LogP contribution is -2.43. The van der Waals surface area contributed by atoms with Crippen molar-refractivity contribution in [2.45, 2.75) is 70.4 Å². The van der Waals surface area contributed by atoms with Crippen LogP contribution in [0.1, 0.15) is 75.2 Å². The highest BCUT2D eigenvalue weighted by atomic mass is 35.5. The highest BCUT2D eigenvalue weighted by molar-refractivity contribution is 6.30. The number of urea groups is 1. The monoisotopic (exact) mass is 629 g/mol. The summed E-state index contributed by atoms with van der Waals surface area (Å²) in [5.74, 6) is 0.128. The van der Waals surface area contributed by atoms with E-state index in [0.29, 0.717) is 49.2 Å². The molecule has 236 valence electrons. The van der Waals surface area contributed by atoms with Crippen molar-refractivity contribution in [1.82, 2.24) is 25.3 Å². The third-order valence-corrected chi connectivity index (χ3v) is 8.27. The van der Waals surface area contributed by atoms with Gasteiger partial charge in [-0.05, 0) is 82.9 Å². The number of ether oxygens (including phenoxy) is 2. The summed E-state index contributed by atoms with van der Waals surface area (Å²) < 4.78 is 38.9. The van der Waals surface area contributed by atoms with Crippen LogP contribution in [0.4, 0.5) is 18.4 Å². The summed E-state index contributed by atoms with van der Waals surface area (Å²) in [7, 11) is 0. The summed E-state index contributed by atoms with van der Waals surface area (Å²) in [5.41, 5.74) is 2.01. The average molecular weight is 630 g/mol. The summed E-state index contributed by atoms with van der Waals surface area (Å²) in [5, 5.41) is 10.6. The predicted octanol–water partition coefficient (Wildman–Crippen LogP) is 7.34. The molecule has 0 atom stereocenters. The van der Waals surface area contributed by atoms with Gasteiger partial charge in [0, 0.05) is 61.9 Å². The van der Waals surface area contributed by atoms with Crippen molar-refractivity contribution in [3.05, 3.63) is 76.1 Å². The SMILES string of the molecule is CC(C)(C)OC(=O)N1CCC(c2cc(C3CCN(C(=O)NCc4cc(F)ccc4Oc4ccc(F)c(Cl)c4)CC3)n[nH]2)CC1. The van der Waals surface area contributed by atoms with Crippen molar-refractivity contribution in [2.75, 3.05) is 26.2 Å². The van der Waals surface area contributed by atoms with Crippen molar-refractivity contribution in [1.29, 1.82) is 0 Å². The van der Waals surface area contributed by atoms with E-state index in [1.165, 1.54) is 36.4 Å². The molecular weight excluding hydrogens is 592 g/mol. The van der Waals surface area contributed by atoms with E-state index in [2.05, 4.69) is 21.6 Å². The van der Waals surface area contributed by atoms with Crippen LogP contribution >= 0.6 is 11.6 Å². The molecular formula is C32H38ClF2N5O4. The van der Waals surface area contributed by atoms with E-state index in [9.17, 15) is 18.4 Å². The van der Waals surface area contributed by atoms with Gasteiger partial charge in [-0.1, -0.05) is 11.6 Å². The van der Waals surface area contributed by atoms with E-state index in [-0.39, 0.29) is 29.6 Å². The van der Waals surface area contributed by atoms with Gasteiger partial charge in [-0.3, -0.25) is 5.10 Å². The molecule has 3 aromatic rings. The Hall–Kier alpha value is -3.86. The molecule has 0 bridgehead atoms. The van der Waals surface area contributed by atoms with Gasteiger partial charge >= 0.3 is 12.1 Å². The van der Waals surface area contributed by atoms with Crippen LogP contribution in [0.3, 0.4) is 0 Å². The number of H-pyrrole nitrogens is 1. The smallest absolute Gasteiger partial charge is 0.410 e. The summed E-state index contributed by atoms with van der Waals surface area (Å²) in [6.45, 7) is 8.07. The number of hydrogen-bond donors (Lipinski definition) is 2. The number of nitrogens with one attached hydrogen (secondary N) is 2. The number of carbonyl (C=O) groups is 2. The minimum absolute atomic E-state index is 0.0518. The highest BCUT2D eigenvalue weighted by Gasteiger charge is 2.30. The number of piperidine rings is 2. The summed E-state index contributed by atoms with van der Waals surface area (Å²) in [6, 6.07) is 9.85. The molecule has 44 heavy (non-hydrogen) atoms. The molecule has 0 radical (unpaired) electrons. The minimum Gasteiger partial charge on any atom is -0.457 e. The van der Waals surface area contributed by atoms with Crippen molar-refractivity contribution >= 4 is 23.7 Å². The number of nitrogens with zero attached hydrogens (tertiary/aromatic N) is 3. The van der Waals surface area contributed by atoms with Crippen LogP contribution in [0, 0.1) is 11.6 Å². The van der Waals surface area contributed by atoms with E-state index in [0.717, 1.165) is 37.1 Å². The van der Waals surface area contributed by atoms with Crippen molar-refractivity contribution < 1.29 is 27.8 Å². The molecule has 0 unspecified atom stereocenters. The van der Waals surface area contributed by atoms with E-state index in [1.54, 1.807) is 9.80 Å². The molecule has 3 amide bonds. The first-order chi connectivity index (χ1) is 20.9. The Morgan fingerprint density at radius 2 is 1.66 bits per heavy atom. The van der Waals surface area contributed by atoms with Gasteiger partial charge in [-0.15, -0.1) is 0 Å². The zero-order chi connectivity index (χ0) is 31.4. The second-order valence-electron chi connectivity index (χ2n) is 12.3. The van der Waals surface area contributed by atoms with Crippen LogP contribution in [0.5, 0.6) is 11.5 Å². The third kappa shape index (κ3) is 7.99. The van der Waals surface area contributed by atoms with E-state index in [4.69, 9.17) is 21.1 Å². The highest BCUT2D eigenvalue weighted by Crippen LogP contribution is 2.33. The Bertz CT molecular complexity index is 1480. The lowest BCUT2D eigenvalue weighted by molar-refractivity contribution is 0.0204. The van der Waals surface area contributed by atoms with Crippen molar-refractivity contribution in [3.63, 3.8) is 0 Å². The second-order valence-corrected chi connectivity index (χ2v) is 12.7. The number of benzene rings is 2. The lowest BCUT2D eigenvalue weighted by atomic mass is 9.90. The summed E-state index contributed by atoms with van der Waals surface area (Å²) in [6.07, 6.45) is 2.96. The average Bonchev–Trinajstić information content (AvgIpc) is 3.49. The zero-order valence-electron chi connectivity index (χ0n) is 25.2. The van der Waals surface area contributed by atoms with Gasteiger partial charge in [0.15, 0.2) is 0 Å². The Morgan fingerprint density at radius 1 is 0.977 bits per heavy atom. The number of rotatable bonds is 6. The Morgan fingerprint density at radius 3 is 2.34 bits per heavy atom. The molecule has 2 fully saturated rings. The number of aromatic amines is 1. The van der Waals surface area contributed by atoms with Gasteiger partial charge < -0.3 is 24.6 Å². The number of aromatic nitrogens is 2. The van der Waals surface area contributed by atoms with Crippen molar-refractivity contribution in [3.8, 4) is 11.5 Å². The molecule has 0 spiro atoms. The number of hydrogen-bond acceptors (Lipinski definition) is 5. The molecule has 2 saturated heterocycles. The number of carbonyl (C=O) groups excluding carboxylic acids is 2. The van der Waals surface area contributed by atoms with E-state index >= 15 is 0 Å². The topological polar surface area (TPSA) is 99.8 Å².